The molecule has 0 aliphatic carbocycles. The summed E-state index contributed by atoms with van der Waals surface area (Å²) in [5.74, 6) is 1.78. The van der Waals surface area contributed by atoms with Crippen molar-refractivity contribution in [3.63, 3.8) is 0 Å². The smallest absolute Gasteiger partial charge is 0.172 e. The minimum absolute atomic E-state index is 0.557. The van der Waals surface area contributed by atoms with Gasteiger partial charge in [0.05, 0.1) is 22.3 Å². The minimum Gasteiger partial charge on any atom is -0.309 e. The molecule has 3 heterocycles. The molecule has 0 aliphatic heterocycles. The van der Waals surface area contributed by atoms with Crippen molar-refractivity contribution in [2.75, 3.05) is 0 Å². The van der Waals surface area contributed by atoms with Crippen LogP contribution < -0.4 is 0 Å². The summed E-state index contributed by atoms with van der Waals surface area (Å²) in [6.07, 6.45) is 0. The molecule has 250 valence electrons. The molecule has 11 aromatic rings. The highest BCUT2D eigenvalue weighted by Gasteiger charge is 2.20. The molecule has 0 fully saturated rings. The average molecular weight is 705 g/mol. The van der Waals surface area contributed by atoms with Crippen molar-refractivity contribution < 1.29 is 0 Å². The van der Waals surface area contributed by atoms with Gasteiger partial charge in [0, 0.05) is 47.5 Å². The van der Waals surface area contributed by atoms with Crippen molar-refractivity contribution in [1.82, 2.24) is 19.5 Å². The maximum Gasteiger partial charge on any atom is 0.172 e. The highest BCUT2D eigenvalue weighted by atomic mass is 32.1. The van der Waals surface area contributed by atoms with Crippen LogP contribution in [0.5, 0.6) is 0 Å². The van der Waals surface area contributed by atoms with Gasteiger partial charge in [0.15, 0.2) is 17.5 Å². The molecule has 3 aromatic heterocycles. The van der Waals surface area contributed by atoms with Crippen LogP contribution >= 0.6 is 11.3 Å². The first-order valence-corrected chi connectivity index (χ1v) is 18.8. The molecule has 0 radical (unpaired) electrons. The van der Waals surface area contributed by atoms with Crippen LogP contribution in [0.3, 0.4) is 0 Å². The molecule has 0 N–H and O–H groups in total. The molecule has 0 spiro atoms. The summed E-state index contributed by atoms with van der Waals surface area (Å²) < 4.78 is 4.77. The second-order valence-electron chi connectivity index (χ2n) is 13.4. The van der Waals surface area contributed by atoms with Gasteiger partial charge < -0.3 is 4.57 Å². The summed E-state index contributed by atoms with van der Waals surface area (Å²) in [6.45, 7) is 0. The number of rotatable bonds is 5. The first-order valence-electron chi connectivity index (χ1n) is 18.0. The predicted molar refractivity (Wildman–Crippen MR) is 224 cm³/mol. The third-order valence-corrected chi connectivity index (χ3v) is 11.6. The predicted octanol–water partition coefficient (Wildman–Crippen LogP) is 12.8. The van der Waals surface area contributed by atoms with Gasteiger partial charge in [-0.2, -0.15) is 0 Å². The molecule has 0 aliphatic rings. The lowest BCUT2D eigenvalue weighted by atomic mass is 10.0. The number of hydrogen-bond donors (Lipinski definition) is 0. The fourth-order valence-corrected chi connectivity index (χ4v) is 9.20. The number of para-hydroxylation sites is 2. The molecular weight excluding hydrogens is 677 g/mol. The fraction of sp³-hybridized carbons (Fsp3) is 0. The number of aromatic nitrogens is 4. The topological polar surface area (TPSA) is 43.6 Å². The van der Waals surface area contributed by atoms with Crippen LogP contribution in [0.4, 0.5) is 0 Å². The SMILES string of the molecule is c1cccc(-c2nc(-c3cc(-n4c5ccccc5c5ccccc54)c4ccccc4c3)nc(-c3cccc4c3sc3c(-c5ccccc5)cccc34)n2)c#1. The van der Waals surface area contributed by atoms with Gasteiger partial charge in [0.25, 0.3) is 0 Å². The summed E-state index contributed by atoms with van der Waals surface area (Å²) in [5.41, 5.74) is 8.45. The molecule has 5 heteroatoms. The Morgan fingerprint density at radius 1 is 0.444 bits per heavy atom. The number of nitrogens with zero attached hydrogens (tertiary/aromatic N) is 4. The fourth-order valence-electron chi connectivity index (χ4n) is 7.86. The van der Waals surface area contributed by atoms with E-state index >= 15 is 0 Å². The van der Waals surface area contributed by atoms with Crippen LogP contribution in [0.25, 0.3) is 104 Å². The lowest BCUT2D eigenvalue weighted by molar-refractivity contribution is 1.08. The highest BCUT2D eigenvalue weighted by Crippen LogP contribution is 2.44. The van der Waals surface area contributed by atoms with E-state index < -0.39 is 0 Å². The summed E-state index contributed by atoms with van der Waals surface area (Å²) >= 11 is 1.79. The van der Waals surface area contributed by atoms with Crippen molar-refractivity contribution in [2.45, 2.75) is 0 Å². The molecule has 0 amide bonds. The largest absolute Gasteiger partial charge is 0.309 e. The summed E-state index contributed by atoms with van der Waals surface area (Å²) in [7, 11) is 0. The van der Waals surface area contributed by atoms with Crippen LogP contribution in [-0.2, 0) is 0 Å². The highest BCUT2D eigenvalue weighted by molar-refractivity contribution is 7.26. The minimum atomic E-state index is 0.557. The molecule has 11 rings (SSSR count). The van der Waals surface area contributed by atoms with Crippen LogP contribution in [0.1, 0.15) is 0 Å². The normalized spacial score (nSPS) is 11.6. The van der Waals surface area contributed by atoms with E-state index in [4.69, 9.17) is 15.0 Å². The number of benzene rings is 7. The Kier molecular flexibility index (Phi) is 6.91. The van der Waals surface area contributed by atoms with Gasteiger partial charge in [-0.15, -0.1) is 11.3 Å². The summed E-state index contributed by atoms with van der Waals surface area (Å²) in [4.78, 5) is 15.6. The third kappa shape index (κ3) is 4.82. The summed E-state index contributed by atoms with van der Waals surface area (Å²) in [6, 6.07) is 66.0. The average Bonchev–Trinajstić information content (AvgIpc) is 3.80. The molecular formula is C49H28N4S. The van der Waals surface area contributed by atoms with Gasteiger partial charge in [-0.1, -0.05) is 140 Å². The zero-order valence-electron chi connectivity index (χ0n) is 28.9. The Morgan fingerprint density at radius 2 is 1.06 bits per heavy atom. The van der Waals surface area contributed by atoms with Gasteiger partial charge >= 0.3 is 0 Å². The van der Waals surface area contributed by atoms with E-state index in [1.54, 1.807) is 11.3 Å². The molecule has 0 saturated carbocycles. The maximum atomic E-state index is 5.31. The van der Waals surface area contributed by atoms with E-state index in [0.717, 1.165) is 48.9 Å². The first kappa shape index (κ1) is 30.5. The van der Waals surface area contributed by atoms with Crippen molar-refractivity contribution in [1.29, 1.82) is 0 Å². The van der Waals surface area contributed by atoms with Gasteiger partial charge in [-0.25, -0.2) is 15.0 Å². The van der Waals surface area contributed by atoms with Gasteiger partial charge in [-0.05, 0) is 59.0 Å². The van der Waals surface area contributed by atoms with E-state index in [2.05, 4.69) is 168 Å². The van der Waals surface area contributed by atoms with Gasteiger partial charge in [-0.3, -0.25) is 0 Å². The Bertz CT molecular complexity index is 3160. The summed E-state index contributed by atoms with van der Waals surface area (Å²) in [5, 5.41) is 7.11. The number of thiophene rings is 1. The van der Waals surface area contributed by atoms with E-state index in [-0.39, 0.29) is 0 Å². The second-order valence-corrected chi connectivity index (χ2v) is 14.5. The lowest BCUT2D eigenvalue weighted by Gasteiger charge is -2.15. The van der Waals surface area contributed by atoms with Crippen molar-refractivity contribution in [3.8, 4) is 51.0 Å². The van der Waals surface area contributed by atoms with Crippen molar-refractivity contribution in [3.05, 3.63) is 182 Å². The zero-order valence-corrected chi connectivity index (χ0v) is 29.7. The third-order valence-electron chi connectivity index (χ3n) is 10.3. The lowest BCUT2D eigenvalue weighted by Crippen LogP contribution is -2.02. The molecule has 0 atom stereocenters. The Balaban J connectivity index is 1.17. The number of hydrogen-bond acceptors (Lipinski definition) is 4. The number of fused-ring (bicyclic) bond motifs is 7. The van der Waals surface area contributed by atoms with Crippen LogP contribution in [0, 0.1) is 12.1 Å². The molecule has 4 nitrogen and oxygen atoms in total. The molecule has 54 heavy (non-hydrogen) atoms. The van der Waals surface area contributed by atoms with E-state index in [0.29, 0.717) is 17.5 Å². The zero-order chi connectivity index (χ0) is 35.6. The van der Waals surface area contributed by atoms with E-state index in [1.807, 2.05) is 18.2 Å². The van der Waals surface area contributed by atoms with Crippen LogP contribution in [0.2, 0.25) is 0 Å². The van der Waals surface area contributed by atoms with E-state index in [9.17, 15) is 0 Å². The standard InChI is InChI=1S/C49H28N4S/c1-3-15-31(16-4-1)36-23-13-24-39-40-25-14-26-41(46(40)54-45(36)39)49-51-47(32-17-5-2-6-18-32)50-48(52-49)34-29-33-19-7-8-20-35(33)44(30-34)53-42-27-11-9-21-37(42)38-22-10-12-28-43(38)53/h1-5,7-17,19-30H. The maximum absolute atomic E-state index is 5.31. The second kappa shape index (κ2) is 12.2. The monoisotopic (exact) mass is 704 g/mol. The van der Waals surface area contributed by atoms with Gasteiger partial charge in [0.1, 0.15) is 0 Å². The van der Waals surface area contributed by atoms with Crippen molar-refractivity contribution >= 4 is 64.1 Å². The van der Waals surface area contributed by atoms with E-state index in [1.165, 1.54) is 37.4 Å². The Hall–Kier alpha value is -7.13. The molecule has 0 bridgehead atoms. The van der Waals surface area contributed by atoms with Crippen molar-refractivity contribution in [2.24, 2.45) is 0 Å². The quantitative estimate of drug-likeness (QED) is 0.179. The molecule has 0 saturated heterocycles. The van der Waals surface area contributed by atoms with Gasteiger partial charge in [0.2, 0.25) is 0 Å². The van der Waals surface area contributed by atoms with Crippen LogP contribution in [-0.4, -0.2) is 19.5 Å². The Labute approximate surface area is 315 Å². The van der Waals surface area contributed by atoms with Crippen LogP contribution in [0.15, 0.2) is 170 Å². The first-order chi connectivity index (χ1) is 26.8. The Morgan fingerprint density at radius 3 is 1.80 bits per heavy atom. The molecule has 0 unspecified atom stereocenters. The molecule has 8 aromatic carbocycles.